The molecule has 0 saturated carbocycles. The lowest BCUT2D eigenvalue weighted by molar-refractivity contribution is 0.0839. The summed E-state index contributed by atoms with van der Waals surface area (Å²) in [7, 11) is 1.73. The van der Waals surface area contributed by atoms with Gasteiger partial charge in [-0.3, -0.25) is 20.4 Å². The van der Waals surface area contributed by atoms with Gasteiger partial charge in [0.05, 0.1) is 12.7 Å². The second kappa shape index (κ2) is 7.31. The molecule has 0 bridgehead atoms. The highest BCUT2D eigenvalue weighted by molar-refractivity contribution is 9.10. The smallest absolute Gasteiger partial charge is 0.291 e. The third-order valence-corrected chi connectivity index (χ3v) is 3.89. The fourth-order valence-electron chi connectivity index (χ4n) is 2.24. The number of nitrogens with zero attached hydrogens (tertiary/aromatic N) is 4. The van der Waals surface area contributed by atoms with Crippen LogP contribution in [0, 0.1) is 0 Å². The fraction of sp³-hybridized carbons (Fsp3) is 0.125. The monoisotopic (exact) mass is 402 g/mol. The third kappa shape index (κ3) is 4.13. The molecule has 0 saturated heterocycles. The van der Waals surface area contributed by atoms with Crippen LogP contribution in [-0.2, 0) is 13.6 Å². The van der Waals surface area contributed by atoms with Crippen LogP contribution in [0.1, 0.15) is 26.5 Å². The summed E-state index contributed by atoms with van der Waals surface area (Å²) in [5, 5.41) is 7.74. The maximum Gasteiger partial charge on any atom is 0.291 e. The predicted molar refractivity (Wildman–Crippen MR) is 93.6 cm³/mol. The Morgan fingerprint density at radius 1 is 1.12 bits per heavy atom. The summed E-state index contributed by atoms with van der Waals surface area (Å²) < 4.78 is 3.97. The van der Waals surface area contributed by atoms with Crippen LogP contribution in [0.15, 0.2) is 53.3 Å². The van der Waals surface area contributed by atoms with E-state index in [1.165, 1.54) is 6.20 Å². The van der Waals surface area contributed by atoms with Gasteiger partial charge in [-0.25, -0.2) is 4.68 Å². The molecule has 0 spiro atoms. The molecule has 9 heteroatoms. The number of aromatic nitrogens is 4. The first-order chi connectivity index (χ1) is 12.0. The first-order valence-electron chi connectivity index (χ1n) is 7.39. The minimum Gasteiger partial charge on any atom is -0.345 e. The van der Waals surface area contributed by atoms with Crippen molar-refractivity contribution in [1.29, 1.82) is 0 Å². The Kier molecular flexibility index (Phi) is 4.94. The van der Waals surface area contributed by atoms with E-state index < -0.39 is 11.8 Å². The number of hydrogen-bond acceptors (Lipinski definition) is 4. The van der Waals surface area contributed by atoms with Crippen molar-refractivity contribution in [3.05, 3.63) is 70.2 Å². The summed E-state index contributed by atoms with van der Waals surface area (Å²) in [5.74, 6) is -0.973. The Bertz CT molecular complexity index is 903. The van der Waals surface area contributed by atoms with E-state index in [4.69, 9.17) is 0 Å². The minimum atomic E-state index is -0.541. The van der Waals surface area contributed by atoms with Crippen molar-refractivity contribution in [1.82, 2.24) is 30.4 Å². The van der Waals surface area contributed by atoms with Crippen LogP contribution < -0.4 is 10.9 Å². The molecule has 2 heterocycles. The van der Waals surface area contributed by atoms with Crippen molar-refractivity contribution in [3.8, 4) is 0 Å². The quantitative estimate of drug-likeness (QED) is 0.646. The van der Waals surface area contributed by atoms with Crippen LogP contribution in [-0.4, -0.2) is 31.4 Å². The molecule has 0 fully saturated rings. The number of aryl methyl sites for hydroxylation is 1. The maximum absolute atomic E-state index is 12.1. The molecule has 2 aromatic heterocycles. The molecule has 0 unspecified atom stereocenters. The van der Waals surface area contributed by atoms with Crippen molar-refractivity contribution in [2.45, 2.75) is 6.54 Å². The summed E-state index contributed by atoms with van der Waals surface area (Å²) in [6.07, 6.45) is 3.26. The Hall–Kier alpha value is -2.94. The lowest BCUT2D eigenvalue weighted by Crippen LogP contribution is -2.42. The topological polar surface area (TPSA) is 93.8 Å². The molecule has 0 radical (unpaired) electrons. The van der Waals surface area contributed by atoms with Gasteiger partial charge in [0.1, 0.15) is 5.69 Å². The van der Waals surface area contributed by atoms with Gasteiger partial charge in [0, 0.05) is 17.7 Å². The number of amides is 2. The van der Waals surface area contributed by atoms with Gasteiger partial charge in [-0.1, -0.05) is 35.5 Å². The van der Waals surface area contributed by atoms with Crippen molar-refractivity contribution >= 4 is 27.7 Å². The number of carbonyl (C=O) groups excluding carboxylic acids is 2. The number of carbonyl (C=O) groups is 2. The molecule has 25 heavy (non-hydrogen) atoms. The number of benzene rings is 1. The van der Waals surface area contributed by atoms with E-state index in [0.717, 1.165) is 10.0 Å². The van der Waals surface area contributed by atoms with Crippen LogP contribution >= 0.6 is 15.9 Å². The van der Waals surface area contributed by atoms with E-state index in [0.29, 0.717) is 12.2 Å². The van der Waals surface area contributed by atoms with Gasteiger partial charge < -0.3 is 4.57 Å². The van der Waals surface area contributed by atoms with Crippen LogP contribution in [0.25, 0.3) is 0 Å². The van der Waals surface area contributed by atoms with Crippen molar-refractivity contribution in [3.63, 3.8) is 0 Å². The summed E-state index contributed by atoms with van der Waals surface area (Å²) in [6, 6.07) is 11.4. The SMILES string of the molecule is Cn1cc(Br)cc1C(=O)NNC(=O)c1cn(Cc2ccccc2)nn1. The van der Waals surface area contributed by atoms with Gasteiger partial charge >= 0.3 is 0 Å². The summed E-state index contributed by atoms with van der Waals surface area (Å²) >= 11 is 3.29. The van der Waals surface area contributed by atoms with E-state index in [-0.39, 0.29) is 5.69 Å². The van der Waals surface area contributed by atoms with Crippen molar-refractivity contribution in [2.75, 3.05) is 0 Å². The molecule has 8 nitrogen and oxygen atoms in total. The molecular weight excluding hydrogens is 388 g/mol. The van der Waals surface area contributed by atoms with E-state index in [1.807, 2.05) is 30.3 Å². The zero-order chi connectivity index (χ0) is 17.8. The molecule has 2 N–H and O–H groups in total. The van der Waals surface area contributed by atoms with Crippen LogP contribution in [0.5, 0.6) is 0 Å². The van der Waals surface area contributed by atoms with Crippen LogP contribution in [0.4, 0.5) is 0 Å². The van der Waals surface area contributed by atoms with E-state index in [1.54, 1.807) is 28.6 Å². The standard InChI is InChI=1S/C16H15BrN6O2/c1-22-9-12(17)7-14(22)16(25)20-19-15(24)13-10-23(21-18-13)8-11-5-3-2-4-6-11/h2-7,9-10H,8H2,1H3,(H,19,24)(H,20,25). The highest BCUT2D eigenvalue weighted by atomic mass is 79.9. The van der Waals surface area contributed by atoms with Gasteiger partial charge in [-0.05, 0) is 27.6 Å². The van der Waals surface area contributed by atoms with E-state index >= 15 is 0 Å². The first kappa shape index (κ1) is 16.9. The van der Waals surface area contributed by atoms with Gasteiger partial charge in [0.25, 0.3) is 11.8 Å². The van der Waals surface area contributed by atoms with Crippen molar-refractivity contribution in [2.24, 2.45) is 7.05 Å². The van der Waals surface area contributed by atoms with Gasteiger partial charge in [0.2, 0.25) is 0 Å². The summed E-state index contributed by atoms with van der Waals surface area (Å²) in [4.78, 5) is 24.1. The van der Waals surface area contributed by atoms with Gasteiger partial charge in [0.15, 0.2) is 5.69 Å². The lowest BCUT2D eigenvalue weighted by atomic mass is 10.2. The molecule has 3 rings (SSSR count). The third-order valence-electron chi connectivity index (χ3n) is 3.45. The second-order valence-electron chi connectivity index (χ2n) is 5.35. The molecular formula is C16H15BrN6O2. The fourth-order valence-corrected chi connectivity index (χ4v) is 2.77. The number of rotatable bonds is 4. The van der Waals surface area contributed by atoms with Gasteiger partial charge in [-0.15, -0.1) is 5.10 Å². The normalized spacial score (nSPS) is 10.5. The van der Waals surface area contributed by atoms with Crippen LogP contribution in [0.3, 0.4) is 0 Å². The number of nitrogens with one attached hydrogen (secondary N) is 2. The molecule has 0 atom stereocenters. The number of hydrogen-bond donors (Lipinski definition) is 2. The molecule has 3 aromatic rings. The largest absolute Gasteiger partial charge is 0.345 e. The predicted octanol–water partition coefficient (Wildman–Crippen LogP) is 1.50. The molecule has 1 aromatic carbocycles. The average molecular weight is 403 g/mol. The molecule has 0 aliphatic carbocycles. The Balaban J connectivity index is 1.58. The molecule has 128 valence electrons. The summed E-state index contributed by atoms with van der Waals surface area (Å²) in [6.45, 7) is 0.505. The molecule has 0 aliphatic heterocycles. The summed E-state index contributed by atoms with van der Waals surface area (Å²) in [5.41, 5.74) is 6.24. The van der Waals surface area contributed by atoms with E-state index in [2.05, 4.69) is 37.1 Å². The average Bonchev–Trinajstić information content (AvgIpc) is 3.19. The van der Waals surface area contributed by atoms with Crippen molar-refractivity contribution < 1.29 is 9.59 Å². The molecule has 0 aliphatic rings. The second-order valence-corrected chi connectivity index (χ2v) is 6.27. The van der Waals surface area contributed by atoms with Crippen LogP contribution in [0.2, 0.25) is 0 Å². The Morgan fingerprint density at radius 3 is 2.52 bits per heavy atom. The van der Waals surface area contributed by atoms with Gasteiger partial charge in [-0.2, -0.15) is 0 Å². The van der Waals surface area contributed by atoms with E-state index in [9.17, 15) is 9.59 Å². The maximum atomic E-state index is 12.1. The first-order valence-corrected chi connectivity index (χ1v) is 8.19. The highest BCUT2D eigenvalue weighted by Gasteiger charge is 2.15. The Labute approximate surface area is 151 Å². The Morgan fingerprint density at radius 2 is 1.84 bits per heavy atom. The zero-order valence-electron chi connectivity index (χ0n) is 13.3. The highest BCUT2D eigenvalue weighted by Crippen LogP contribution is 2.13. The number of halogens is 1. The zero-order valence-corrected chi connectivity index (χ0v) is 14.9. The molecule has 2 amide bonds. The lowest BCUT2D eigenvalue weighted by Gasteiger charge is -2.06. The minimum absolute atomic E-state index is 0.115. The number of hydrazine groups is 1.